The predicted octanol–water partition coefficient (Wildman–Crippen LogP) is 7.43. The summed E-state index contributed by atoms with van der Waals surface area (Å²) >= 11 is 3.61. The summed E-state index contributed by atoms with van der Waals surface area (Å²) in [7, 11) is -2.59. The second-order valence-electron chi connectivity index (χ2n) is 9.56. The summed E-state index contributed by atoms with van der Waals surface area (Å²) in [5, 5.41) is 18.8. The first-order valence-corrected chi connectivity index (χ1v) is 15.4. The summed E-state index contributed by atoms with van der Waals surface area (Å²) in [6.45, 7) is 6.09. The molecule has 38 heavy (non-hydrogen) atoms. The van der Waals surface area contributed by atoms with E-state index in [0.29, 0.717) is 10.2 Å². The lowest BCUT2D eigenvalue weighted by molar-refractivity contribution is -0.384. The number of hydrogen-bond acceptors (Lipinski definition) is 4. The van der Waals surface area contributed by atoms with Crippen LogP contribution in [0.4, 0.5) is 11.4 Å². The SMILES string of the molecule is Cc1nn(-c2ccccc2)c(C)c1[P@@](=Nc1ccc([N+](=O)[O-])cc1Br)(c1ccccc1)N1CCCCCC1. The maximum atomic E-state index is 11.4. The van der Waals surface area contributed by atoms with Crippen LogP contribution in [0.2, 0.25) is 0 Å². The van der Waals surface area contributed by atoms with E-state index in [-0.39, 0.29) is 10.6 Å². The van der Waals surface area contributed by atoms with Gasteiger partial charge < -0.3 is 0 Å². The van der Waals surface area contributed by atoms with Crippen LogP contribution in [-0.2, 0) is 0 Å². The van der Waals surface area contributed by atoms with Crippen LogP contribution in [0, 0.1) is 24.0 Å². The molecule has 1 aliphatic rings. The monoisotopic (exact) mass is 591 g/mol. The third-order valence-corrected chi connectivity index (χ3v) is 11.7. The fourth-order valence-corrected chi connectivity index (χ4v) is 10.1. The number of nitro groups is 1. The molecule has 1 saturated heterocycles. The van der Waals surface area contributed by atoms with Gasteiger partial charge in [0.15, 0.2) is 0 Å². The molecule has 7 nitrogen and oxygen atoms in total. The van der Waals surface area contributed by atoms with E-state index in [1.807, 2.05) is 28.9 Å². The van der Waals surface area contributed by atoms with Crippen LogP contribution in [-0.4, -0.2) is 32.5 Å². The number of nitro benzene ring substituents is 1. The molecule has 0 N–H and O–H groups in total. The Labute approximate surface area is 231 Å². The minimum atomic E-state index is -2.59. The molecule has 9 heteroatoms. The lowest BCUT2D eigenvalue weighted by atomic mass is 10.2. The molecule has 4 aromatic rings. The molecule has 0 spiro atoms. The van der Waals surface area contributed by atoms with E-state index in [4.69, 9.17) is 9.84 Å². The minimum Gasteiger partial charge on any atom is -0.262 e. The second-order valence-corrected chi connectivity index (χ2v) is 13.4. The highest BCUT2D eigenvalue weighted by Crippen LogP contribution is 2.56. The average molecular weight is 592 g/mol. The number of aryl methyl sites for hydroxylation is 1. The number of hydrogen-bond donors (Lipinski definition) is 0. The van der Waals surface area contributed by atoms with Gasteiger partial charge in [0.2, 0.25) is 0 Å². The van der Waals surface area contributed by atoms with Crippen molar-refractivity contribution < 1.29 is 4.92 Å². The highest BCUT2D eigenvalue weighted by molar-refractivity contribution is 9.10. The molecule has 0 aliphatic carbocycles. The molecular weight excluding hydrogens is 561 g/mol. The number of benzene rings is 3. The van der Waals surface area contributed by atoms with Crippen molar-refractivity contribution in [1.82, 2.24) is 14.5 Å². The van der Waals surface area contributed by atoms with Crippen molar-refractivity contribution in [3.8, 4) is 5.69 Å². The van der Waals surface area contributed by atoms with Crippen LogP contribution in [0.15, 0.2) is 88.1 Å². The lowest BCUT2D eigenvalue weighted by Gasteiger charge is -2.37. The minimum absolute atomic E-state index is 0.0403. The molecule has 3 aromatic carbocycles. The third kappa shape index (κ3) is 5.00. The maximum absolute atomic E-state index is 11.4. The van der Waals surface area contributed by atoms with E-state index < -0.39 is 7.21 Å². The van der Waals surface area contributed by atoms with Gasteiger partial charge in [-0.1, -0.05) is 61.4 Å². The Hall–Kier alpha value is -3.06. The van der Waals surface area contributed by atoms with Crippen molar-refractivity contribution in [2.24, 2.45) is 4.74 Å². The van der Waals surface area contributed by atoms with E-state index in [0.717, 1.165) is 53.6 Å². The van der Waals surface area contributed by atoms with Gasteiger partial charge in [-0.15, -0.1) is 0 Å². The molecule has 2 heterocycles. The van der Waals surface area contributed by atoms with E-state index in [9.17, 15) is 10.1 Å². The van der Waals surface area contributed by atoms with E-state index in [1.165, 1.54) is 12.8 Å². The fourth-order valence-electron chi connectivity index (χ4n) is 5.34. The van der Waals surface area contributed by atoms with Crippen LogP contribution < -0.4 is 10.6 Å². The van der Waals surface area contributed by atoms with Crippen LogP contribution in [0.3, 0.4) is 0 Å². The topological polar surface area (TPSA) is 76.6 Å². The van der Waals surface area contributed by atoms with Gasteiger partial charge in [0.05, 0.1) is 40.2 Å². The van der Waals surface area contributed by atoms with Crippen LogP contribution in [0.25, 0.3) is 5.69 Å². The first-order valence-electron chi connectivity index (χ1n) is 12.9. The number of nitrogens with zero attached hydrogens (tertiary/aromatic N) is 5. The maximum Gasteiger partial charge on any atom is 0.270 e. The van der Waals surface area contributed by atoms with Crippen LogP contribution in [0.1, 0.15) is 37.1 Å². The number of aromatic nitrogens is 2. The lowest BCUT2D eigenvalue weighted by Crippen LogP contribution is -2.35. The average Bonchev–Trinajstić information content (AvgIpc) is 3.09. The third-order valence-electron chi connectivity index (χ3n) is 7.07. The zero-order chi connectivity index (χ0) is 26.7. The Kier molecular flexibility index (Phi) is 7.93. The Morgan fingerprint density at radius 2 is 1.55 bits per heavy atom. The molecule has 1 fully saturated rings. The Bertz CT molecular complexity index is 1500. The highest BCUT2D eigenvalue weighted by Gasteiger charge is 2.38. The van der Waals surface area contributed by atoms with Gasteiger partial charge in [-0.3, -0.25) is 14.8 Å². The van der Waals surface area contributed by atoms with Gasteiger partial charge in [-0.25, -0.2) is 9.43 Å². The zero-order valence-corrected chi connectivity index (χ0v) is 24.1. The smallest absolute Gasteiger partial charge is 0.262 e. The Morgan fingerprint density at radius 3 is 2.16 bits per heavy atom. The molecule has 0 unspecified atom stereocenters. The summed E-state index contributed by atoms with van der Waals surface area (Å²) < 4.78 is 10.9. The van der Waals surface area contributed by atoms with E-state index >= 15 is 0 Å². The van der Waals surface area contributed by atoms with Gasteiger partial charge in [-0.2, -0.15) is 5.10 Å². The number of non-ortho nitro benzene ring substituents is 1. The summed E-state index contributed by atoms with van der Waals surface area (Å²) in [5.74, 6) is 0. The van der Waals surface area contributed by atoms with Crippen molar-refractivity contribution in [3.63, 3.8) is 0 Å². The number of para-hydroxylation sites is 1. The van der Waals surface area contributed by atoms with Crippen molar-refractivity contribution in [3.05, 3.63) is 105 Å². The Balaban J connectivity index is 1.87. The van der Waals surface area contributed by atoms with Gasteiger partial charge in [0.25, 0.3) is 5.69 Å². The first kappa shape index (κ1) is 26.5. The largest absolute Gasteiger partial charge is 0.270 e. The molecule has 1 aliphatic heterocycles. The molecule has 196 valence electrons. The van der Waals surface area contributed by atoms with Gasteiger partial charge in [0, 0.05) is 35.0 Å². The van der Waals surface area contributed by atoms with Gasteiger partial charge in [0.1, 0.15) is 0 Å². The van der Waals surface area contributed by atoms with Crippen molar-refractivity contribution >= 4 is 45.1 Å². The summed E-state index contributed by atoms with van der Waals surface area (Å²) in [6.07, 6.45) is 4.62. The summed E-state index contributed by atoms with van der Waals surface area (Å²) in [4.78, 5) is 11.1. The van der Waals surface area contributed by atoms with Crippen molar-refractivity contribution in [2.75, 3.05) is 13.1 Å². The van der Waals surface area contributed by atoms with Gasteiger partial charge >= 0.3 is 0 Å². The van der Waals surface area contributed by atoms with Gasteiger partial charge in [-0.05, 0) is 60.8 Å². The molecule has 0 amide bonds. The van der Waals surface area contributed by atoms with Crippen molar-refractivity contribution in [1.29, 1.82) is 0 Å². The number of rotatable bonds is 6. The van der Waals surface area contributed by atoms with Crippen LogP contribution >= 0.6 is 23.1 Å². The molecule has 0 saturated carbocycles. The highest BCUT2D eigenvalue weighted by atomic mass is 79.9. The molecule has 0 bridgehead atoms. The predicted molar refractivity (Wildman–Crippen MR) is 159 cm³/mol. The molecular formula is C29H31BrN5O2P. The zero-order valence-electron chi connectivity index (χ0n) is 21.6. The molecule has 0 radical (unpaired) electrons. The standard InChI is InChI=1S/C29H31BrN5O2P/c1-22-29(23(2)34(31-22)24-13-7-5-8-14-24)38(26-15-9-6-10-16-26,33-19-11-3-4-12-20-33)32-28-18-17-25(35(36)37)21-27(28)30/h5-10,13-18,21H,3-4,11-12,19-20H2,1-2H3/t38-/m1/s1. The molecule has 5 rings (SSSR count). The quantitative estimate of drug-likeness (QED) is 0.133. The van der Waals surface area contributed by atoms with E-state index in [2.05, 4.69) is 70.8 Å². The number of halogens is 1. The normalized spacial score (nSPS) is 16.0. The molecule has 1 aromatic heterocycles. The fraction of sp³-hybridized carbons (Fsp3) is 0.276. The van der Waals surface area contributed by atoms with E-state index in [1.54, 1.807) is 18.2 Å². The van der Waals surface area contributed by atoms with Crippen molar-refractivity contribution in [2.45, 2.75) is 39.5 Å². The second kappa shape index (κ2) is 11.4. The summed E-state index contributed by atoms with van der Waals surface area (Å²) in [5.41, 5.74) is 3.78. The first-order chi connectivity index (χ1) is 18.4. The van der Waals surface area contributed by atoms with Crippen LogP contribution in [0.5, 0.6) is 0 Å². The Morgan fingerprint density at radius 1 is 0.921 bits per heavy atom. The summed E-state index contributed by atoms with van der Waals surface area (Å²) in [6, 6.07) is 25.6. The molecule has 1 atom stereocenters.